The number of benzene rings is 1. The Morgan fingerprint density at radius 2 is 2.00 bits per heavy atom. The molecule has 1 aromatic carbocycles. The van der Waals surface area contributed by atoms with Crippen molar-refractivity contribution in [1.82, 2.24) is 5.32 Å². The van der Waals surface area contributed by atoms with Crippen LogP contribution in [0.5, 0.6) is 0 Å². The Hall–Kier alpha value is -1.22. The van der Waals surface area contributed by atoms with E-state index in [1.165, 1.54) is 6.07 Å². The van der Waals surface area contributed by atoms with Crippen LogP contribution in [0.1, 0.15) is 26.3 Å². The normalized spacial score (nSPS) is 11.5. The SMILES string of the molecule is CCNC(C)(C)C(=O)Cc1ccccc1F. The maximum absolute atomic E-state index is 13.4. The molecule has 1 aromatic rings. The van der Waals surface area contributed by atoms with Crippen LogP contribution in [0.2, 0.25) is 0 Å². The topological polar surface area (TPSA) is 29.1 Å². The predicted octanol–water partition coefficient (Wildman–Crippen LogP) is 2.33. The zero-order valence-electron chi connectivity index (χ0n) is 10.0. The van der Waals surface area contributed by atoms with Gasteiger partial charge in [-0.1, -0.05) is 25.1 Å². The summed E-state index contributed by atoms with van der Waals surface area (Å²) in [6, 6.07) is 6.39. The molecule has 0 aliphatic heterocycles. The van der Waals surface area contributed by atoms with Crippen LogP contribution in [0, 0.1) is 5.82 Å². The number of halogens is 1. The van der Waals surface area contributed by atoms with Gasteiger partial charge in [-0.05, 0) is 32.0 Å². The Morgan fingerprint density at radius 1 is 1.38 bits per heavy atom. The monoisotopic (exact) mass is 223 g/mol. The Balaban J connectivity index is 2.75. The Bertz CT molecular complexity index is 374. The van der Waals surface area contributed by atoms with Crippen LogP contribution in [0.25, 0.3) is 0 Å². The molecule has 1 rings (SSSR count). The summed E-state index contributed by atoms with van der Waals surface area (Å²) in [7, 11) is 0. The van der Waals surface area contributed by atoms with Gasteiger partial charge in [0.2, 0.25) is 0 Å². The van der Waals surface area contributed by atoms with Crippen LogP contribution in [0.3, 0.4) is 0 Å². The second kappa shape index (κ2) is 5.21. The van der Waals surface area contributed by atoms with Gasteiger partial charge in [0.25, 0.3) is 0 Å². The van der Waals surface area contributed by atoms with Gasteiger partial charge in [0, 0.05) is 6.42 Å². The standard InChI is InChI=1S/C13H18FNO/c1-4-15-13(2,3)12(16)9-10-7-5-6-8-11(10)14/h5-8,15H,4,9H2,1-3H3. The van der Waals surface area contributed by atoms with Crippen LogP contribution >= 0.6 is 0 Å². The molecule has 0 heterocycles. The number of ketones is 1. The van der Waals surface area contributed by atoms with E-state index in [1.54, 1.807) is 18.2 Å². The quantitative estimate of drug-likeness (QED) is 0.830. The second-order valence-corrected chi connectivity index (χ2v) is 4.35. The van der Waals surface area contributed by atoms with E-state index in [2.05, 4.69) is 5.32 Å². The van der Waals surface area contributed by atoms with E-state index >= 15 is 0 Å². The van der Waals surface area contributed by atoms with E-state index in [1.807, 2.05) is 20.8 Å². The van der Waals surface area contributed by atoms with Crippen molar-refractivity contribution in [3.63, 3.8) is 0 Å². The van der Waals surface area contributed by atoms with Gasteiger partial charge in [-0.15, -0.1) is 0 Å². The van der Waals surface area contributed by atoms with Crippen molar-refractivity contribution in [1.29, 1.82) is 0 Å². The largest absolute Gasteiger partial charge is 0.306 e. The van der Waals surface area contributed by atoms with Gasteiger partial charge in [0.15, 0.2) is 5.78 Å². The summed E-state index contributed by atoms with van der Waals surface area (Å²) in [6.45, 7) is 6.30. The van der Waals surface area contributed by atoms with Crippen molar-refractivity contribution in [3.8, 4) is 0 Å². The maximum atomic E-state index is 13.4. The third kappa shape index (κ3) is 3.14. The molecule has 16 heavy (non-hydrogen) atoms. The van der Waals surface area contributed by atoms with Gasteiger partial charge >= 0.3 is 0 Å². The summed E-state index contributed by atoms with van der Waals surface area (Å²) in [5.74, 6) is -0.317. The van der Waals surface area contributed by atoms with Crippen molar-refractivity contribution in [2.75, 3.05) is 6.54 Å². The molecule has 3 heteroatoms. The zero-order chi connectivity index (χ0) is 12.2. The fraction of sp³-hybridized carbons (Fsp3) is 0.462. The summed E-state index contributed by atoms with van der Waals surface area (Å²) in [4.78, 5) is 11.9. The molecule has 0 aromatic heterocycles. The smallest absolute Gasteiger partial charge is 0.156 e. The molecular formula is C13H18FNO. The first-order valence-electron chi connectivity index (χ1n) is 5.49. The molecule has 0 unspecified atom stereocenters. The average molecular weight is 223 g/mol. The lowest BCUT2D eigenvalue weighted by Gasteiger charge is -2.24. The highest BCUT2D eigenvalue weighted by atomic mass is 19.1. The zero-order valence-corrected chi connectivity index (χ0v) is 10.0. The number of likely N-dealkylation sites (N-methyl/N-ethyl adjacent to an activating group) is 1. The van der Waals surface area contributed by atoms with Crippen molar-refractivity contribution >= 4 is 5.78 Å². The average Bonchev–Trinajstić information content (AvgIpc) is 2.21. The van der Waals surface area contributed by atoms with Crippen molar-refractivity contribution in [2.45, 2.75) is 32.7 Å². The summed E-state index contributed by atoms with van der Waals surface area (Å²) in [6.07, 6.45) is 0.132. The minimum atomic E-state index is -0.600. The van der Waals surface area contributed by atoms with Gasteiger partial charge < -0.3 is 5.32 Å². The number of rotatable bonds is 5. The highest BCUT2D eigenvalue weighted by Gasteiger charge is 2.26. The van der Waals surface area contributed by atoms with Crippen molar-refractivity contribution < 1.29 is 9.18 Å². The van der Waals surface area contributed by atoms with E-state index in [0.29, 0.717) is 5.56 Å². The van der Waals surface area contributed by atoms with E-state index in [0.717, 1.165) is 6.54 Å². The van der Waals surface area contributed by atoms with Crippen LogP contribution in [-0.2, 0) is 11.2 Å². The fourth-order valence-corrected chi connectivity index (χ4v) is 1.58. The predicted molar refractivity (Wildman–Crippen MR) is 62.9 cm³/mol. The Kier molecular flexibility index (Phi) is 4.19. The third-order valence-corrected chi connectivity index (χ3v) is 2.62. The minimum absolute atomic E-state index is 0.000509. The first kappa shape index (κ1) is 12.8. The van der Waals surface area contributed by atoms with Crippen LogP contribution < -0.4 is 5.32 Å². The number of carbonyl (C=O) groups is 1. The molecule has 0 bridgehead atoms. The number of carbonyl (C=O) groups excluding carboxylic acids is 1. The Morgan fingerprint density at radius 3 is 2.56 bits per heavy atom. The first-order chi connectivity index (χ1) is 7.47. The molecule has 88 valence electrons. The van der Waals surface area contributed by atoms with Crippen molar-refractivity contribution in [3.05, 3.63) is 35.6 Å². The molecule has 0 aliphatic rings. The van der Waals surface area contributed by atoms with Gasteiger partial charge in [0.05, 0.1) is 5.54 Å². The molecule has 0 atom stereocenters. The highest BCUT2D eigenvalue weighted by molar-refractivity contribution is 5.89. The first-order valence-corrected chi connectivity index (χ1v) is 5.49. The molecule has 1 N–H and O–H groups in total. The second-order valence-electron chi connectivity index (χ2n) is 4.35. The molecule has 0 saturated carbocycles. The summed E-state index contributed by atoms with van der Waals surface area (Å²) in [5.41, 5.74) is -0.143. The number of nitrogens with one attached hydrogen (secondary N) is 1. The lowest BCUT2D eigenvalue weighted by atomic mass is 9.93. The van der Waals surface area contributed by atoms with Crippen LogP contribution in [-0.4, -0.2) is 17.9 Å². The molecule has 0 radical (unpaired) electrons. The lowest BCUT2D eigenvalue weighted by molar-refractivity contribution is -0.123. The van der Waals surface area contributed by atoms with Gasteiger partial charge in [0.1, 0.15) is 5.82 Å². The summed E-state index contributed by atoms with van der Waals surface area (Å²) >= 11 is 0. The fourth-order valence-electron chi connectivity index (χ4n) is 1.58. The molecule has 0 fully saturated rings. The molecule has 0 aliphatic carbocycles. The minimum Gasteiger partial charge on any atom is -0.306 e. The van der Waals surface area contributed by atoms with Gasteiger partial charge in [-0.3, -0.25) is 4.79 Å². The third-order valence-electron chi connectivity index (χ3n) is 2.62. The summed E-state index contributed by atoms with van der Waals surface area (Å²) in [5, 5.41) is 3.09. The van der Waals surface area contributed by atoms with E-state index in [4.69, 9.17) is 0 Å². The lowest BCUT2D eigenvalue weighted by Crippen LogP contribution is -2.47. The summed E-state index contributed by atoms with van der Waals surface area (Å²) < 4.78 is 13.4. The number of hydrogen-bond donors (Lipinski definition) is 1. The van der Waals surface area contributed by atoms with Crippen molar-refractivity contribution in [2.24, 2.45) is 0 Å². The molecule has 2 nitrogen and oxygen atoms in total. The number of hydrogen-bond acceptors (Lipinski definition) is 2. The molecule has 0 saturated heterocycles. The van der Waals surface area contributed by atoms with Crippen LogP contribution in [0.15, 0.2) is 24.3 Å². The molecule has 0 amide bonds. The van der Waals surface area contributed by atoms with Gasteiger partial charge in [-0.2, -0.15) is 0 Å². The van der Waals surface area contributed by atoms with Crippen LogP contribution in [0.4, 0.5) is 4.39 Å². The molecular weight excluding hydrogens is 205 g/mol. The highest BCUT2D eigenvalue weighted by Crippen LogP contribution is 2.12. The van der Waals surface area contributed by atoms with E-state index in [-0.39, 0.29) is 18.0 Å². The Labute approximate surface area is 95.9 Å². The van der Waals surface area contributed by atoms with E-state index < -0.39 is 5.54 Å². The van der Waals surface area contributed by atoms with Gasteiger partial charge in [-0.25, -0.2) is 4.39 Å². The number of Topliss-reactive ketones (excluding diaryl/α,β-unsaturated/α-hetero) is 1. The van der Waals surface area contributed by atoms with E-state index in [9.17, 15) is 9.18 Å². The molecule has 0 spiro atoms. The maximum Gasteiger partial charge on any atom is 0.156 e.